The molecular weight excluding hydrogens is 438 g/mol. The number of piperazine rings is 1. The first-order valence-corrected chi connectivity index (χ1v) is 12.2. The van der Waals surface area contributed by atoms with Gasteiger partial charge in [0.2, 0.25) is 10.0 Å². The number of benzene rings is 2. The number of pyridine rings is 1. The number of nitrogens with zero attached hydrogens (tertiary/aromatic N) is 3. The highest BCUT2D eigenvalue weighted by Gasteiger charge is 2.17. The first-order chi connectivity index (χ1) is 15.9. The molecule has 8 nitrogen and oxygen atoms in total. The average molecular weight is 466 g/mol. The lowest BCUT2D eigenvalue weighted by Gasteiger charge is -2.34. The van der Waals surface area contributed by atoms with Crippen molar-refractivity contribution in [3.8, 4) is 0 Å². The molecule has 1 aromatic heterocycles. The Kier molecular flexibility index (Phi) is 7.02. The first kappa shape index (κ1) is 22.9. The molecule has 0 spiro atoms. The van der Waals surface area contributed by atoms with E-state index in [0.717, 1.165) is 37.4 Å². The average Bonchev–Trinajstić information content (AvgIpc) is 2.84. The van der Waals surface area contributed by atoms with Crippen LogP contribution >= 0.6 is 0 Å². The van der Waals surface area contributed by atoms with Gasteiger partial charge in [-0.3, -0.25) is 9.78 Å². The van der Waals surface area contributed by atoms with E-state index in [2.05, 4.69) is 31.9 Å². The third-order valence-electron chi connectivity index (χ3n) is 5.62. The van der Waals surface area contributed by atoms with Crippen LogP contribution in [-0.2, 0) is 16.6 Å². The van der Waals surface area contributed by atoms with E-state index in [0.29, 0.717) is 11.3 Å². The van der Waals surface area contributed by atoms with Crippen LogP contribution in [0.1, 0.15) is 15.9 Å². The lowest BCUT2D eigenvalue weighted by molar-refractivity contribution is 0.102. The molecule has 33 heavy (non-hydrogen) atoms. The van der Waals surface area contributed by atoms with Crippen LogP contribution in [0.4, 0.5) is 11.4 Å². The molecule has 1 aliphatic heterocycles. The van der Waals surface area contributed by atoms with E-state index >= 15 is 0 Å². The van der Waals surface area contributed by atoms with Gasteiger partial charge in [0.1, 0.15) is 0 Å². The second-order valence-corrected chi connectivity index (χ2v) is 9.77. The molecule has 3 aromatic rings. The summed E-state index contributed by atoms with van der Waals surface area (Å²) in [5, 5.41) is 2.77. The van der Waals surface area contributed by atoms with Crippen molar-refractivity contribution >= 4 is 27.3 Å². The van der Waals surface area contributed by atoms with Crippen molar-refractivity contribution in [1.29, 1.82) is 0 Å². The summed E-state index contributed by atoms with van der Waals surface area (Å²) in [6.07, 6.45) is 3.20. The summed E-state index contributed by atoms with van der Waals surface area (Å²) in [5.74, 6) is -0.254. The van der Waals surface area contributed by atoms with Gasteiger partial charge in [-0.15, -0.1) is 0 Å². The maximum Gasteiger partial charge on any atom is 0.255 e. The summed E-state index contributed by atoms with van der Waals surface area (Å²) in [6.45, 7) is 3.97. The molecule has 0 atom stereocenters. The van der Waals surface area contributed by atoms with E-state index < -0.39 is 10.0 Å². The second-order valence-electron chi connectivity index (χ2n) is 8.00. The highest BCUT2D eigenvalue weighted by atomic mass is 32.2. The van der Waals surface area contributed by atoms with E-state index in [1.54, 1.807) is 60.9 Å². The van der Waals surface area contributed by atoms with Gasteiger partial charge in [0.15, 0.2) is 0 Å². The Labute approximate surface area is 194 Å². The molecule has 2 N–H and O–H groups in total. The van der Waals surface area contributed by atoms with Gasteiger partial charge in [0.25, 0.3) is 5.91 Å². The van der Waals surface area contributed by atoms with Gasteiger partial charge < -0.3 is 15.1 Å². The minimum Gasteiger partial charge on any atom is -0.369 e. The van der Waals surface area contributed by atoms with Crippen LogP contribution in [0.2, 0.25) is 0 Å². The lowest BCUT2D eigenvalue weighted by Crippen LogP contribution is -2.44. The summed E-state index contributed by atoms with van der Waals surface area (Å²) >= 11 is 0. The largest absolute Gasteiger partial charge is 0.369 e. The Hall–Kier alpha value is -3.27. The number of carbonyl (C=O) groups excluding carboxylic acids is 1. The zero-order valence-corrected chi connectivity index (χ0v) is 19.3. The van der Waals surface area contributed by atoms with E-state index in [4.69, 9.17) is 0 Å². The SMILES string of the molecule is CN1CCN(c2ccc(S(=O)(=O)NCc3ccc(C(=O)Nc4cccnc4)cc3)cc2)CC1. The number of likely N-dealkylation sites (N-methyl/N-ethyl adjacent to an activating group) is 1. The standard InChI is InChI=1S/C24H27N5O3S/c1-28-13-15-29(16-14-28)22-8-10-23(11-9-22)33(31,32)26-17-19-4-6-20(7-5-19)24(30)27-21-3-2-12-25-18-21/h2-12,18,26H,13-17H2,1H3,(H,27,30). The summed E-state index contributed by atoms with van der Waals surface area (Å²) in [4.78, 5) is 21.1. The Morgan fingerprint density at radius 3 is 2.30 bits per heavy atom. The molecule has 0 radical (unpaired) electrons. The molecule has 0 saturated carbocycles. The van der Waals surface area contributed by atoms with Gasteiger partial charge in [-0.25, -0.2) is 13.1 Å². The minimum absolute atomic E-state index is 0.132. The van der Waals surface area contributed by atoms with E-state index in [-0.39, 0.29) is 17.3 Å². The van der Waals surface area contributed by atoms with Crippen LogP contribution in [0.15, 0.2) is 78.0 Å². The Bertz CT molecular complexity index is 1180. The molecule has 1 saturated heterocycles. The van der Waals surface area contributed by atoms with Crippen LogP contribution < -0.4 is 14.9 Å². The Morgan fingerprint density at radius 1 is 0.970 bits per heavy atom. The van der Waals surface area contributed by atoms with E-state index in [9.17, 15) is 13.2 Å². The summed E-state index contributed by atoms with van der Waals surface area (Å²) in [5.41, 5.74) is 2.87. The molecule has 9 heteroatoms. The molecule has 1 fully saturated rings. The molecule has 2 aromatic carbocycles. The maximum absolute atomic E-state index is 12.7. The Balaban J connectivity index is 1.33. The van der Waals surface area contributed by atoms with Gasteiger partial charge in [0, 0.05) is 50.2 Å². The van der Waals surface area contributed by atoms with Crippen LogP contribution in [0.5, 0.6) is 0 Å². The monoisotopic (exact) mass is 465 g/mol. The number of amides is 1. The van der Waals surface area contributed by atoms with Crippen molar-refractivity contribution < 1.29 is 13.2 Å². The minimum atomic E-state index is -3.64. The van der Waals surface area contributed by atoms with Gasteiger partial charge in [-0.2, -0.15) is 0 Å². The van der Waals surface area contributed by atoms with Crippen molar-refractivity contribution in [3.63, 3.8) is 0 Å². The summed E-state index contributed by atoms with van der Waals surface area (Å²) in [7, 11) is -1.54. The number of nitrogens with one attached hydrogen (secondary N) is 2. The molecule has 4 rings (SSSR count). The van der Waals surface area contributed by atoms with Crippen molar-refractivity contribution in [2.45, 2.75) is 11.4 Å². The smallest absolute Gasteiger partial charge is 0.255 e. The van der Waals surface area contributed by atoms with Crippen molar-refractivity contribution in [2.75, 3.05) is 43.4 Å². The number of anilines is 2. The van der Waals surface area contributed by atoms with Crippen molar-refractivity contribution in [1.82, 2.24) is 14.6 Å². The van der Waals surface area contributed by atoms with Gasteiger partial charge >= 0.3 is 0 Å². The van der Waals surface area contributed by atoms with Crippen LogP contribution in [0.3, 0.4) is 0 Å². The number of rotatable bonds is 7. The van der Waals surface area contributed by atoms with E-state index in [1.807, 2.05) is 12.1 Å². The van der Waals surface area contributed by atoms with Crippen molar-refractivity contribution in [2.24, 2.45) is 0 Å². The predicted octanol–water partition coefficient (Wildman–Crippen LogP) is 2.56. The highest BCUT2D eigenvalue weighted by Crippen LogP contribution is 2.19. The summed E-state index contributed by atoms with van der Waals surface area (Å²) in [6, 6.07) is 17.3. The molecule has 1 amide bonds. The van der Waals surface area contributed by atoms with Crippen LogP contribution in [0, 0.1) is 0 Å². The number of aromatic nitrogens is 1. The molecule has 172 valence electrons. The molecule has 0 bridgehead atoms. The third kappa shape index (κ3) is 5.95. The molecule has 0 aliphatic carbocycles. The summed E-state index contributed by atoms with van der Waals surface area (Å²) < 4.78 is 28.1. The van der Waals surface area contributed by atoms with Crippen molar-refractivity contribution in [3.05, 3.63) is 84.2 Å². The van der Waals surface area contributed by atoms with Gasteiger partial charge in [-0.1, -0.05) is 12.1 Å². The maximum atomic E-state index is 12.7. The lowest BCUT2D eigenvalue weighted by atomic mass is 10.1. The molecule has 2 heterocycles. The fourth-order valence-electron chi connectivity index (χ4n) is 3.58. The quantitative estimate of drug-likeness (QED) is 0.557. The fourth-order valence-corrected chi connectivity index (χ4v) is 4.59. The number of hydrogen-bond donors (Lipinski definition) is 2. The van der Waals surface area contributed by atoms with E-state index in [1.165, 1.54) is 0 Å². The first-order valence-electron chi connectivity index (χ1n) is 10.7. The zero-order chi connectivity index (χ0) is 23.3. The van der Waals surface area contributed by atoms with Crippen LogP contribution in [0.25, 0.3) is 0 Å². The second kappa shape index (κ2) is 10.1. The van der Waals surface area contributed by atoms with Gasteiger partial charge in [0.05, 0.1) is 16.8 Å². The predicted molar refractivity (Wildman–Crippen MR) is 129 cm³/mol. The normalized spacial score (nSPS) is 14.8. The van der Waals surface area contributed by atoms with Crippen LogP contribution in [-0.4, -0.2) is 57.4 Å². The molecular formula is C24H27N5O3S. The number of hydrogen-bond acceptors (Lipinski definition) is 6. The molecule has 1 aliphatic rings. The highest BCUT2D eigenvalue weighted by molar-refractivity contribution is 7.89. The number of carbonyl (C=O) groups is 1. The number of sulfonamides is 1. The fraction of sp³-hybridized carbons (Fsp3) is 0.250. The third-order valence-corrected chi connectivity index (χ3v) is 7.03. The molecule has 0 unspecified atom stereocenters. The van der Waals surface area contributed by atoms with Gasteiger partial charge in [-0.05, 0) is 61.1 Å². The Morgan fingerprint density at radius 2 is 1.67 bits per heavy atom. The zero-order valence-electron chi connectivity index (χ0n) is 18.4. The topological polar surface area (TPSA) is 94.6 Å².